The van der Waals surface area contributed by atoms with Gasteiger partial charge >= 0.3 is 5.97 Å². The Hall–Kier alpha value is -4.34. The van der Waals surface area contributed by atoms with Gasteiger partial charge in [0.25, 0.3) is 5.91 Å². The van der Waals surface area contributed by atoms with E-state index >= 15 is 4.39 Å². The van der Waals surface area contributed by atoms with E-state index < -0.39 is 42.1 Å². The Morgan fingerprint density at radius 1 is 0.905 bits per heavy atom. The number of rotatable bonds is 12. The number of halogens is 2. The van der Waals surface area contributed by atoms with Crippen LogP contribution in [0.15, 0.2) is 78.9 Å². The fraction of sp³-hybridized carbons (Fsp3) is 0.273. The molecule has 0 unspecified atom stereocenters. The topological polar surface area (TPSA) is 112 Å². The first kappa shape index (κ1) is 30.6. The summed E-state index contributed by atoms with van der Waals surface area (Å²) in [6, 6.07) is 21.3. The Bertz CT molecular complexity index is 1540. The maximum absolute atomic E-state index is 15.5. The minimum atomic E-state index is -1.24. The van der Waals surface area contributed by atoms with Gasteiger partial charge in [-0.3, -0.25) is 9.59 Å². The lowest BCUT2D eigenvalue weighted by Crippen LogP contribution is -2.22. The first-order valence-corrected chi connectivity index (χ1v) is 13.8. The summed E-state index contributed by atoms with van der Waals surface area (Å²) in [6.45, 7) is 3.91. The molecule has 2 atom stereocenters. The maximum atomic E-state index is 15.5. The lowest BCUT2D eigenvalue weighted by atomic mass is 9.94. The van der Waals surface area contributed by atoms with E-state index in [2.05, 4.69) is 5.32 Å². The molecule has 220 valence electrons. The third kappa shape index (κ3) is 7.10. The van der Waals surface area contributed by atoms with Gasteiger partial charge in [-0.25, -0.2) is 8.78 Å². The van der Waals surface area contributed by atoms with Crippen molar-refractivity contribution in [2.75, 3.05) is 5.32 Å². The molecule has 4 rings (SSSR count). The first-order chi connectivity index (χ1) is 20.1. The summed E-state index contributed by atoms with van der Waals surface area (Å²) in [5.41, 5.74) is 3.00. The average molecular weight is 577 g/mol. The summed E-state index contributed by atoms with van der Waals surface area (Å²) in [5, 5.41) is 32.7. The molecule has 1 heterocycles. The van der Waals surface area contributed by atoms with E-state index in [9.17, 15) is 24.2 Å². The number of anilines is 1. The quantitative estimate of drug-likeness (QED) is 0.155. The zero-order valence-electron chi connectivity index (χ0n) is 23.4. The Balaban J connectivity index is 1.93. The van der Waals surface area contributed by atoms with Gasteiger partial charge in [-0.15, -0.1) is 0 Å². The molecular formula is C33H34F2N2O5. The number of benzene rings is 3. The maximum Gasteiger partial charge on any atom is 0.305 e. The standard InChI is InChI=1S/C33H34F2N2O5/c1-20(2)31-30(33(42)36-23-11-7-4-8-12-23)29(21-9-5-3-6-10-21)32(26-14-13-22(34)17-27(26)35)37(31)16-15-24(38)18-25(39)19-28(40)41/h3-14,17,20,24-25,38-39H,15-16,18-19H2,1-2H3,(H,36,42)(H,40,41)/t24-,25-/m1/s1. The highest BCUT2D eigenvalue weighted by atomic mass is 19.1. The summed E-state index contributed by atoms with van der Waals surface area (Å²) in [5.74, 6) is -3.39. The second kappa shape index (κ2) is 13.5. The fourth-order valence-corrected chi connectivity index (χ4v) is 5.26. The van der Waals surface area contributed by atoms with E-state index in [1.165, 1.54) is 6.07 Å². The third-order valence-electron chi connectivity index (χ3n) is 7.00. The smallest absolute Gasteiger partial charge is 0.305 e. The summed E-state index contributed by atoms with van der Waals surface area (Å²) < 4.78 is 31.3. The lowest BCUT2D eigenvalue weighted by molar-refractivity contribution is -0.139. The number of carboxylic acid groups (broad SMARTS) is 1. The number of aliphatic hydroxyl groups excluding tert-OH is 2. The lowest BCUT2D eigenvalue weighted by Gasteiger charge is -2.20. The van der Waals surface area contributed by atoms with Crippen LogP contribution in [0.4, 0.5) is 14.5 Å². The number of amides is 1. The van der Waals surface area contributed by atoms with Crippen LogP contribution in [0, 0.1) is 11.6 Å². The van der Waals surface area contributed by atoms with Gasteiger partial charge in [0.15, 0.2) is 0 Å². The molecule has 0 saturated heterocycles. The number of para-hydroxylation sites is 1. The predicted octanol–water partition coefficient (Wildman–Crippen LogP) is 6.45. The van der Waals surface area contributed by atoms with Crippen LogP contribution in [0.25, 0.3) is 22.4 Å². The molecule has 4 N–H and O–H groups in total. The fourth-order valence-electron chi connectivity index (χ4n) is 5.26. The zero-order chi connectivity index (χ0) is 30.4. The van der Waals surface area contributed by atoms with Gasteiger partial charge in [-0.1, -0.05) is 62.4 Å². The van der Waals surface area contributed by atoms with Crippen LogP contribution in [-0.4, -0.2) is 44.0 Å². The van der Waals surface area contributed by atoms with Crippen LogP contribution in [0.2, 0.25) is 0 Å². The number of carbonyl (C=O) groups excluding carboxylic acids is 1. The van der Waals surface area contributed by atoms with Crippen LogP contribution < -0.4 is 5.32 Å². The minimum Gasteiger partial charge on any atom is -0.481 e. The second-order valence-corrected chi connectivity index (χ2v) is 10.5. The van der Waals surface area contributed by atoms with Crippen LogP contribution >= 0.6 is 0 Å². The number of carbonyl (C=O) groups is 2. The summed E-state index contributed by atoms with van der Waals surface area (Å²) in [4.78, 5) is 25.0. The molecule has 1 amide bonds. The average Bonchev–Trinajstić information content (AvgIpc) is 3.28. The Morgan fingerprint density at radius 3 is 2.14 bits per heavy atom. The normalized spacial score (nSPS) is 12.7. The number of hydrogen-bond donors (Lipinski definition) is 4. The number of carboxylic acids is 1. The highest BCUT2D eigenvalue weighted by Crippen LogP contribution is 2.43. The molecule has 1 aromatic heterocycles. The van der Waals surface area contributed by atoms with Gasteiger partial charge in [0.05, 0.1) is 29.9 Å². The molecule has 0 bridgehead atoms. The van der Waals surface area contributed by atoms with Gasteiger partial charge in [-0.05, 0) is 48.6 Å². The number of hydrogen-bond acceptors (Lipinski definition) is 4. The zero-order valence-corrected chi connectivity index (χ0v) is 23.4. The van der Waals surface area contributed by atoms with Crippen molar-refractivity contribution in [2.24, 2.45) is 0 Å². The van der Waals surface area contributed by atoms with E-state index in [1.54, 1.807) is 41.0 Å². The van der Waals surface area contributed by atoms with E-state index in [0.29, 0.717) is 33.8 Å². The molecule has 0 fully saturated rings. The van der Waals surface area contributed by atoms with Crippen molar-refractivity contribution < 1.29 is 33.7 Å². The van der Waals surface area contributed by atoms with Gasteiger partial charge in [0, 0.05) is 35.1 Å². The van der Waals surface area contributed by atoms with Crippen molar-refractivity contribution in [3.05, 3.63) is 102 Å². The molecule has 9 heteroatoms. The highest BCUT2D eigenvalue weighted by molar-refractivity contribution is 6.12. The predicted molar refractivity (Wildman–Crippen MR) is 157 cm³/mol. The van der Waals surface area contributed by atoms with Crippen molar-refractivity contribution in [1.29, 1.82) is 0 Å². The van der Waals surface area contributed by atoms with E-state index in [-0.39, 0.29) is 30.9 Å². The molecule has 0 saturated carbocycles. The van der Waals surface area contributed by atoms with E-state index in [0.717, 1.165) is 12.1 Å². The molecule has 0 spiro atoms. The van der Waals surface area contributed by atoms with Crippen molar-refractivity contribution in [3.8, 4) is 22.4 Å². The van der Waals surface area contributed by atoms with Crippen molar-refractivity contribution in [3.63, 3.8) is 0 Å². The number of aliphatic hydroxyl groups is 2. The number of nitrogens with zero attached hydrogens (tertiary/aromatic N) is 1. The van der Waals surface area contributed by atoms with Crippen LogP contribution in [0.1, 0.15) is 55.1 Å². The van der Waals surface area contributed by atoms with E-state index in [1.807, 2.05) is 38.1 Å². The Labute approximate surface area is 243 Å². The summed E-state index contributed by atoms with van der Waals surface area (Å²) >= 11 is 0. The van der Waals surface area contributed by atoms with Crippen LogP contribution in [-0.2, 0) is 11.3 Å². The Morgan fingerprint density at radius 2 is 1.55 bits per heavy atom. The molecule has 0 aliphatic heterocycles. The SMILES string of the molecule is CC(C)c1c(C(=O)Nc2ccccc2)c(-c2ccccc2)c(-c2ccc(F)cc2F)n1CC[C@@H](O)C[C@@H](O)CC(=O)O. The van der Waals surface area contributed by atoms with Crippen molar-refractivity contribution in [1.82, 2.24) is 4.57 Å². The largest absolute Gasteiger partial charge is 0.481 e. The molecule has 0 aliphatic carbocycles. The molecule has 0 radical (unpaired) electrons. The molecule has 42 heavy (non-hydrogen) atoms. The van der Waals surface area contributed by atoms with Gasteiger partial charge in [-0.2, -0.15) is 0 Å². The highest BCUT2D eigenvalue weighted by Gasteiger charge is 2.32. The minimum absolute atomic E-state index is 0.0782. The van der Waals surface area contributed by atoms with Crippen molar-refractivity contribution in [2.45, 2.75) is 57.8 Å². The molecule has 0 aliphatic rings. The third-order valence-corrected chi connectivity index (χ3v) is 7.00. The van der Waals surface area contributed by atoms with Gasteiger partial charge < -0.3 is 25.2 Å². The van der Waals surface area contributed by atoms with Crippen LogP contribution in [0.5, 0.6) is 0 Å². The monoisotopic (exact) mass is 576 g/mol. The number of aromatic nitrogens is 1. The number of aliphatic carboxylic acids is 1. The summed E-state index contributed by atoms with van der Waals surface area (Å²) in [7, 11) is 0. The molecule has 3 aromatic carbocycles. The van der Waals surface area contributed by atoms with Crippen molar-refractivity contribution >= 4 is 17.6 Å². The molecule has 7 nitrogen and oxygen atoms in total. The Kier molecular flexibility index (Phi) is 9.88. The summed E-state index contributed by atoms with van der Waals surface area (Å²) in [6.07, 6.45) is -2.92. The second-order valence-electron chi connectivity index (χ2n) is 10.5. The molecule has 4 aromatic rings. The van der Waals surface area contributed by atoms with Gasteiger partial charge in [0.1, 0.15) is 11.6 Å². The number of nitrogens with one attached hydrogen (secondary N) is 1. The molecular weight excluding hydrogens is 542 g/mol. The first-order valence-electron chi connectivity index (χ1n) is 13.8. The van der Waals surface area contributed by atoms with Crippen LogP contribution in [0.3, 0.4) is 0 Å². The van der Waals surface area contributed by atoms with E-state index in [4.69, 9.17) is 5.11 Å². The van der Waals surface area contributed by atoms with Gasteiger partial charge in [0.2, 0.25) is 0 Å².